The molecule has 1 unspecified atom stereocenters. The molecule has 8 nitrogen and oxygen atoms in total. The number of piperazine rings is 1. The van der Waals surface area contributed by atoms with Crippen molar-refractivity contribution in [2.45, 2.75) is 50.0 Å². The number of hydrogen-bond donors (Lipinski definition) is 0. The van der Waals surface area contributed by atoms with Crippen molar-refractivity contribution < 1.29 is 21.6 Å². The Balaban J connectivity index is 1.67. The molecule has 0 aromatic heterocycles. The lowest BCUT2D eigenvalue weighted by Crippen LogP contribution is -2.57. The van der Waals surface area contributed by atoms with Crippen molar-refractivity contribution >= 4 is 26.0 Å². The van der Waals surface area contributed by atoms with Crippen LogP contribution in [0.1, 0.15) is 44.6 Å². The van der Waals surface area contributed by atoms with Crippen LogP contribution in [0.3, 0.4) is 0 Å². The van der Waals surface area contributed by atoms with Crippen LogP contribution in [-0.4, -0.2) is 81.3 Å². The van der Waals surface area contributed by atoms with Crippen molar-refractivity contribution in [1.29, 1.82) is 0 Å². The van der Waals surface area contributed by atoms with Gasteiger partial charge >= 0.3 is 0 Å². The second-order valence-corrected chi connectivity index (χ2v) is 12.2. The molecule has 0 saturated carbocycles. The standard InChI is InChI=1S/C20H31N3O5S2/c1-16(2)17-7-9-18(10-8-17)30(27,28)22-14-12-21(13-15-22)20(24)19-6-4-5-11-23(19)29(3,25)26/h7-10,16,19H,4-6,11-15H2,1-3H3. The summed E-state index contributed by atoms with van der Waals surface area (Å²) in [6, 6.07) is 6.25. The summed E-state index contributed by atoms with van der Waals surface area (Å²) in [6.45, 7) is 5.38. The molecule has 0 bridgehead atoms. The molecule has 30 heavy (non-hydrogen) atoms. The van der Waals surface area contributed by atoms with Crippen molar-refractivity contribution in [2.75, 3.05) is 39.0 Å². The first-order valence-corrected chi connectivity index (χ1v) is 13.7. The number of amides is 1. The van der Waals surface area contributed by atoms with Crippen LogP contribution >= 0.6 is 0 Å². The second-order valence-electron chi connectivity index (χ2n) is 8.34. The SMILES string of the molecule is CC(C)c1ccc(S(=O)(=O)N2CCN(C(=O)C3CCCCN3S(C)(=O)=O)CC2)cc1. The highest BCUT2D eigenvalue weighted by molar-refractivity contribution is 7.89. The van der Waals surface area contributed by atoms with Crippen LogP contribution in [0, 0.1) is 0 Å². The average molecular weight is 458 g/mol. The third-order valence-electron chi connectivity index (χ3n) is 5.90. The molecule has 0 spiro atoms. The van der Waals surface area contributed by atoms with Crippen LogP contribution in [-0.2, 0) is 24.8 Å². The molecule has 2 saturated heterocycles. The predicted octanol–water partition coefficient (Wildman–Crippen LogP) is 1.46. The molecule has 2 aliphatic rings. The van der Waals surface area contributed by atoms with Gasteiger partial charge in [-0.05, 0) is 36.5 Å². The lowest BCUT2D eigenvalue weighted by molar-refractivity contribution is -0.137. The van der Waals surface area contributed by atoms with Crippen molar-refractivity contribution in [2.24, 2.45) is 0 Å². The van der Waals surface area contributed by atoms with Crippen LogP contribution in [0.25, 0.3) is 0 Å². The van der Waals surface area contributed by atoms with E-state index >= 15 is 0 Å². The molecule has 1 amide bonds. The lowest BCUT2D eigenvalue weighted by atomic mass is 10.0. The van der Waals surface area contributed by atoms with Gasteiger partial charge in [0.05, 0.1) is 11.2 Å². The molecule has 1 atom stereocenters. The monoisotopic (exact) mass is 457 g/mol. The molecule has 0 radical (unpaired) electrons. The number of nitrogens with zero attached hydrogens (tertiary/aromatic N) is 3. The minimum absolute atomic E-state index is 0.200. The molecule has 2 fully saturated rings. The van der Waals surface area contributed by atoms with Crippen molar-refractivity contribution in [3.63, 3.8) is 0 Å². The third kappa shape index (κ3) is 4.87. The number of carbonyl (C=O) groups excluding carboxylic acids is 1. The van der Waals surface area contributed by atoms with Gasteiger partial charge in [-0.25, -0.2) is 16.8 Å². The zero-order chi connectivity index (χ0) is 22.1. The maximum absolute atomic E-state index is 13.0. The number of sulfonamides is 2. The van der Waals surface area contributed by atoms with E-state index in [9.17, 15) is 21.6 Å². The molecule has 3 rings (SSSR count). The number of rotatable bonds is 5. The lowest BCUT2D eigenvalue weighted by Gasteiger charge is -2.39. The molecule has 2 heterocycles. The zero-order valence-electron chi connectivity index (χ0n) is 17.8. The van der Waals surface area contributed by atoms with Crippen LogP contribution in [0.5, 0.6) is 0 Å². The predicted molar refractivity (Wildman–Crippen MR) is 115 cm³/mol. The summed E-state index contributed by atoms with van der Waals surface area (Å²) in [5.74, 6) is 0.0982. The molecule has 168 valence electrons. The Labute approximate surface area is 179 Å². The largest absolute Gasteiger partial charge is 0.339 e. The Kier molecular flexibility index (Phi) is 6.91. The number of carbonyl (C=O) groups is 1. The van der Waals surface area contributed by atoms with E-state index in [-0.39, 0.29) is 37.0 Å². The Morgan fingerprint density at radius 3 is 2.07 bits per heavy atom. The zero-order valence-corrected chi connectivity index (χ0v) is 19.5. The summed E-state index contributed by atoms with van der Waals surface area (Å²) in [5.41, 5.74) is 1.08. The van der Waals surface area contributed by atoms with Gasteiger partial charge in [0.2, 0.25) is 26.0 Å². The highest BCUT2D eigenvalue weighted by Gasteiger charge is 2.38. The van der Waals surface area contributed by atoms with E-state index in [1.165, 1.54) is 8.61 Å². The highest BCUT2D eigenvalue weighted by Crippen LogP contribution is 2.24. The van der Waals surface area contributed by atoms with Gasteiger partial charge in [-0.1, -0.05) is 32.4 Å². The first-order chi connectivity index (χ1) is 14.0. The molecule has 1 aromatic rings. The fourth-order valence-corrected chi connectivity index (χ4v) is 6.62. The van der Waals surface area contributed by atoms with E-state index in [1.54, 1.807) is 17.0 Å². The quantitative estimate of drug-likeness (QED) is 0.667. The van der Waals surface area contributed by atoms with Gasteiger partial charge in [0.15, 0.2) is 0 Å². The molecule has 10 heteroatoms. The number of benzene rings is 1. The molecule has 1 aromatic carbocycles. The summed E-state index contributed by atoms with van der Waals surface area (Å²) >= 11 is 0. The van der Waals surface area contributed by atoms with Crippen molar-refractivity contribution in [1.82, 2.24) is 13.5 Å². The van der Waals surface area contributed by atoms with Crippen LogP contribution in [0.15, 0.2) is 29.2 Å². The summed E-state index contributed by atoms with van der Waals surface area (Å²) in [7, 11) is -7.08. The van der Waals surface area contributed by atoms with Gasteiger partial charge in [-0.3, -0.25) is 4.79 Å². The Bertz CT molecular complexity index is 966. The number of piperidine rings is 1. The maximum atomic E-state index is 13.0. The molecule has 0 N–H and O–H groups in total. The normalized spacial score (nSPS) is 22.4. The second kappa shape index (κ2) is 8.94. The van der Waals surface area contributed by atoms with E-state index in [0.717, 1.165) is 24.7 Å². The highest BCUT2D eigenvalue weighted by atomic mass is 32.2. The van der Waals surface area contributed by atoms with Gasteiger partial charge in [0, 0.05) is 32.7 Å². The average Bonchev–Trinajstić information content (AvgIpc) is 2.72. The van der Waals surface area contributed by atoms with E-state index in [1.807, 2.05) is 12.1 Å². The fourth-order valence-electron chi connectivity index (χ4n) is 4.08. The van der Waals surface area contributed by atoms with Crippen LogP contribution < -0.4 is 0 Å². The van der Waals surface area contributed by atoms with E-state index in [2.05, 4.69) is 13.8 Å². The van der Waals surface area contributed by atoms with Crippen molar-refractivity contribution in [3.8, 4) is 0 Å². The number of hydrogen-bond acceptors (Lipinski definition) is 5. The third-order valence-corrected chi connectivity index (χ3v) is 9.10. The minimum Gasteiger partial charge on any atom is -0.339 e. The summed E-state index contributed by atoms with van der Waals surface area (Å²) in [4.78, 5) is 14.8. The van der Waals surface area contributed by atoms with Crippen LogP contribution in [0.4, 0.5) is 0 Å². The van der Waals surface area contributed by atoms with E-state index < -0.39 is 26.1 Å². The van der Waals surface area contributed by atoms with Gasteiger partial charge < -0.3 is 4.90 Å². The Morgan fingerprint density at radius 2 is 1.53 bits per heavy atom. The topological polar surface area (TPSA) is 95.1 Å². The first kappa shape index (κ1) is 23.2. The van der Waals surface area contributed by atoms with Gasteiger partial charge in [-0.15, -0.1) is 0 Å². The molecule has 0 aliphatic carbocycles. The Morgan fingerprint density at radius 1 is 0.933 bits per heavy atom. The summed E-state index contributed by atoms with van der Waals surface area (Å²) in [6.07, 6.45) is 3.20. The van der Waals surface area contributed by atoms with Crippen molar-refractivity contribution in [3.05, 3.63) is 29.8 Å². The summed E-state index contributed by atoms with van der Waals surface area (Å²) < 4.78 is 52.7. The van der Waals surface area contributed by atoms with Gasteiger partial charge in [-0.2, -0.15) is 8.61 Å². The van der Waals surface area contributed by atoms with Gasteiger partial charge in [0.25, 0.3) is 0 Å². The van der Waals surface area contributed by atoms with Gasteiger partial charge in [0.1, 0.15) is 6.04 Å². The fraction of sp³-hybridized carbons (Fsp3) is 0.650. The molecular weight excluding hydrogens is 426 g/mol. The smallest absolute Gasteiger partial charge is 0.243 e. The Hall–Kier alpha value is -1.49. The van der Waals surface area contributed by atoms with E-state index in [4.69, 9.17) is 0 Å². The summed E-state index contributed by atoms with van der Waals surface area (Å²) in [5, 5.41) is 0. The first-order valence-electron chi connectivity index (χ1n) is 10.4. The molecular formula is C20H31N3O5S2. The maximum Gasteiger partial charge on any atom is 0.243 e. The van der Waals surface area contributed by atoms with Crippen LogP contribution in [0.2, 0.25) is 0 Å². The minimum atomic E-state index is -3.62. The van der Waals surface area contributed by atoms with E-state index in [0.29, 0.717) is 18.9 Å². The molecule has 2 aliphatic heterocycles.